The van der Waals surface area contributed by atoms with Crippen molar-refractivity contribution in [2.75, 3.05) is 0 Å². The van der Waals surface area contributed by atoms with Gasteiger partial charge in [0.25, 0.3) is 0 Å². The molecule has 0 aromatic carbocycles. The van der Waals surface area contributed by atoms with Crippen LogP contribution in [0.3, 0.4) is 0 Å². The van der Waals surface area contributed by atoms with Crippen molar-refractivity contribution in [1.29, 1.82) is 0 Å². The fraction of sp³-hybridized carbons (Fsp3) is 0.625. The zero-order valence-corrected chi connectivity index (χ0v) is 13.3. The normalized spacial score (nSPS) is 14.8. The first-order chi connectivity index (χ1) is 10.2. The highest BCUT2D eigenvalue weighted by Crippen LogP contribution is 2.21. The van der Waals surface area contributed by atoms with Crippen molar-refractivity contribution >= 4 is 0 Å². The molecule has 0 unspecified atom stereocenters. The molecule has 2 aromatic rings. The van der Waals surface area contributed by atoms with Crippen LogP contribution < -0.4 is 5.32 Å². The van der Waals surface area contributed by atoms with Gasteiger partial charge >= 0.3 is 0 Å². The molecule has 1 saturated carbocycles. The first-order valence-electron chi connectivity index (χ1n) is 7.94. The van der Waals surface area contributed by atoms with Crippen LogP contribution in [0.5, 0.6) is 0 Å². The summed E-state index contributed by atoms with van der Waals surface area (Å²) in [5.74, 6) is 0. The Morgan fingerprint density at radius 3 is 2.86 bits per heavy atom. The van der Waals surface area contributed by atoms with Gasteiger partial charge in [0.15, 0.2) is 0 Å². The molecule has 2 aromatic heterocycles. The topological polar surface area (TPSA) is 47.7 Å². The van der Waals surface area contributed by atoms with E-state index in [0.717, 1.165) is 37.8 Å². The lowest BCUT2D eigenvalue weighted by Gasteiger charge is -2.09. The molecule has 0 amide bonds. The van der Waals surface area contributed by atoms with E-state index in [2.05, 4.69) is 40.3 Å². The van der Waals surface area contributed by atoms with E-state index >= 15 is 0 Å². The summed E-state index contributed by atoms with van der Waals surface area (Å²) in [7, 11) is 0. The van der Waals surface area contributed by atoms with Gasteiger partial charge in [0.1, 0.15) is 0 Å². The molecular weight excluding hydrogens is 262 g/mol. The van der Waals surface area contributed by atoms with Gasteiger partial charge < -0.3 is 9.88 Å². The molecule has 5 heteroatoms. The number of aryl methyl sites for hydroxylation is 2. The SMILES string of the molecule is CCCn1cncc1Cn1nc(C)c(CNC2CC2)c1C. The van der Waals surface area contributed by atoms with Gasteiger partial charge in [-0.05, 0) is 33.1 Å². The minimum Gasteiger partial charge on any atom is -0.333 e. The fourth-order valence-electron chi connectivity index (χ4n) is 2.75. The van der Waals surface area contributed by atoms with Crippen molar-refractivity contribution in [2.45, 2.75) is 65.7 Å². The summed E-state index contributed by atoms with van der Waals surface area (Å²) >= 11 is 0. The molecule has 114 valence electrons. The number of imidazole rings is 1. The second kappa shape index (κ2) is 6.02. The van der Waals surface area contributed by atoms with Crippen LogP contribution in [0.2, 0.25) is 0 Å². The first kappa shape index (κ1) is 14.3. The Labute approximate surface area is 126 Å². The maximum absolute atomic E-state index is 4.72. The Morgan fingerprint density at radius 1 is 1.33 bits per heavy atom. The molecule has 0 atom stereocenters. The molecule has 1 aliphatic carbocycles. The molecule has 1 N–H and O–H groups in total. The summed E-state index contributed by atoms with van der Waals surface area (Å²) in [6.07, 6.45) is 7.64. The summed E-state index contributed by atoms with van der Waals surface area (Å²) in [6.45, 7) is 9.23. The predicted molar refractivity (Wildman–Crippen MR) is 83.2 cm³/mol. The minimum absolute atomic E-state index is 0.734. The Hall–Kier alpha value is -1.62. The van der Waals surface area contributed by atoms with Gasteiger partial charge in [0.2, 0.25) is 0 Å². The van der Waals surface area contributed by atoms with Gasteiger partial charge in [-0.15, -0.1) is 0 Å². The summed E-state index contributed by atoms with van der Waals surface area (Å²) in [5.41, 5.74) is 4.99. The highest BCUT2D eigenvalue weighted by atomic mass is 15.3. The molecule has 3 rings (SSSR count). The highest BCUT2D eigenvalue weighted by molar-refractivity contribution is 5.25. The van der Waals surface area contributed by atoms with Gasteiger partial charge in [-0.25, -0.2) is 4.98 Å². The Balaban J connectivity index is 1.75. The monoisotopic (exact) mass is 287 g/mol. The van der Waals surface area contributed by atoms with Crippen LogP contribution in [0.25, 0.3) is 0 Å². The molecule has 2 heterocycles. The molecule has 1 fully saturated rings. The largest absolute Gasteiger partial charge is 0.333 e. The van der Waals surface area contributed by atoms with E-state index < -0.39 is 0 Å². The van der Waals surface area contributed by atoms with Crippen molar-refractivity contribution in [1.82, 2.24) is 24.6 Å². The van der Waals surface area contributed by atoms with Crippen LogP contribution in [-0.4, -0.2) is 25.4 Å². The zero-order valence-electron chi connectivity index (χ0n) is 13.3. The molecule has 0 bridgehead atoms. The van der Waals surface area contributed by atoms with Gasteiger partial charge in [-0.1, -0.05) is 6.92 Å². The third kappa shape index (κ3) is 3.18. The lowest BCUT2D eigenvalue weighted by molar-refractivity contribution is 0.585. The first-order valence-corrected chi connectivity index (χ1v) is 7.94. The summed E-state index contributed by atoms with van der Waals surface area (Å²) < 4.78 is 4.33. The second-order valence-corrected chi connectivity index (χ2v) is 6.04. The van der Waals surface area contributed by atoms with Gasteiger partial charge in [0.05, 0.1) is 30.5 Å². The van der Waals surface area contributed by atoms with Crippen LogP contribution in [-0.2, 0) is 19.6 Å². The van der Waals surface area contributed by atoms with Gasteiger partial charge in [-0.3, -0.25) is 4.68 Å². The van der Waals surface area contributed by atoms with Crippen LogP contribution in [0.15, 0.2) is 12.5 Å². The maximum Gasteiger partial charge on any atom is 0.0948 e. The van der Waals surface area contributed by atoms with Gasteiger partial charge in [-0.2, -0.15) is 5.10 Å². The Kier molecular flexibility index (Phi) is 4.10. The van der Waals surface area contributed by atoms with Gasteiger partial charge in [0, 0.05) is 30.4 Å². The molecule has 5 nitrogen and oxygen atoms in total. The Morgan fingerprint density at radius 2 is 2.14 bits per heavy atom. The summed E-state index contributed by atoms with van der Waals surface area (Å²) in [4.78, 5) is 4.27. The number of aromatic nitrogens is 4. The highest BCUT2D eigenvalue weighted by Gasteiger charge is 2.21. The van der Waals surface area contributed by atoms with E-state index in [1.807, 2.05) is 12.5 Å². The molecule has 21 heavy (non-hydrogen) atoms. The van der Waals surface area contributed by atoms with E-state index in [4.69, 9.17) is 5.10 Å². The van der Waals surface area contributed by atoms with Crippen LogP contribution in [0.1, 0.15) is 48.8 Å². The molecule has 0 aliphatic heterocycles. The molecule has 0 spiro atoms. The smallest absolute Gasteiger partial charge is 0.0948 e. The van der Waals surface area contributed by atoms with Crippen molar-refractivity contribution < 1.29 is 0 Å². The fourth-order valence-corrected chi connectivity index (χ4v) is 2.75. The summed E-state index contributed by atoms with van der Waals surface area (Å²) in [5, 5.41) is 8.31. The van der Waals surface area contributed by atoms with E-state index in [1.54, 1.807) is 0 Å². The number of nitrogens with zero attached hydrogens (tertiary/aromatic N) is 4. The summed E-state index contributed by atoms with van der Waals surface area (Å²) in [6, 6.07) is 0.734. The van der Waals surface area contributed by atoms with Crippen LogP contribution in [0.4, 0.5) is 0 Å². The van der Waals surface area contributed by atoms with Crippen LogP contribution in [0, 0.1) is 13.8 Å². The quantitative estimate of drug-likeness (QED) is 0.850. The van der Waals surface area contributed by atoms with E-state index in [9.17, 15) is 0 Å². The second-order valence-electron chi connectivity index (χ2n) is 6.04. The van der Waals surface area contributed by atoms with Crippen molar-refractivity contribution in [3.05, 3.63) is 35.2 Å². The number of rotatable bonds is 7. The Bertz CT molecular complexity index is 606. The number of nitrogens with one attached hydrogen (secondary N) is 1. The molecular formula is C16H25N5. The average molecular weight is 287 g/mol. The standard InChI is InChI=1S/C16H25N5/c1-4-7-20-11-17-8-15(20)10-21-13(3)16(12(2)19-21)9-18-14-5-6-14/h8,11,14,18H,4-7,9-10H2,1-3H3. The zero-order chi connectivity index (χ0) is 14.8. The predicted octanol–water partition coefficient (Wildman–Crippen LogP) is 2.41. The lowest BCUT2D eigenvalue weighted by Crippen LogP contribution is -2.16. The number of hydrogen-bond acceptors (Lipinski definition) is 3. The van der Waals surface area contributed by atoms with Crippen molar-refractivity contribution in [3.63, 3.8) is 0 Å². The molecule has 1 aliphatic rings. The van der Waals surface area contributed by atoms with Crippen molar-refractivity contribution in [3.8, 4) is 0 Å². The third-order valence-corrected chi connectivity index (χ3v) is 4.25. The minimum atomic E-state index is 0.734. The maximum atomic E-state index is 4.72. The van der Waals surface area contributed by atoms with E-state index in [1.165, 1.54) is 29.8 Å². The van der Waals surface area contributed by atoms with Crippen molar-refractivity contribution in [2.24, 2.45) is 0 Å². The number of hydrogen-bond donors (Lipinski definition) is 1. The molecule has 0 saturated heterocycles. The van der Waals surface area contributed by atoms with Crippen LogP contribution >= 0.6 is 0 Å². The lowest BCUT2D eigenvalue weighted by atomic mass is 10.2. The average Bonchev–Trinajstić information content (AvgIpc) is 3.13. The molecule has 0 radical (unpaired) electrons. The van der Waals surface area contributed by atoms with E-state index in [0.29, 0.717) is 0 Å². The van der Waals surface area contributed by atoms with E-state index in [-0.39, 0.29) is 0 Å². The third-order valence-electron chi connectivity index (χ3n) is 4.25.